The normalized spacial score (nSPS) is 10.4. The van der Waals surface area contributed by atoms with Gasteiger partial charge in [-0.1, -0.05) is 0 Å². The lowest BCUT2D eigenvalue weighted by atomic mass is 10.2. The number of pyridine rings is 1. The van der Waals surface area contributed by atoms with E-state index in [2.05, 4.69) is 25.3 Å². The molecule has 0 aromatic carbocycles. The molecule has 2 aromatic rings. The molecule has 0 fully saturated rings. The summed E-state index contributed by atoms with van der Waals surface area (Å²) >= 11 is 0. The van der Waals surface area contributed by atoms with Crippen molar-refractivity contribution >= 4 is 5.95 Å². The van der Waals surface area contributed by atoms with Crippen LogP contribution in [-0.2, 0) is 0 Å². The molecule has 2 aromatic heterocycles. The van der Waals surface area contributed by atoms with Gasteiger partial charge in [-0.25, -0.2) is 0 Å². The summed E-state index contributed by atoms with van der Waals surface area (Å²) in [6.07, 6.45) is 3.40. The van der Waals surface area contributed by atoms with Crippen LogP contribution in [0.1, 0.15) is 13.8 Å². The van der Waals surface area contributed by atoms with Crippen LogP contribution in [0, 0.1) is 0 Å². The second kappa shape index (κ2) is 6.14. The molecule has 0 aliphatic rings. The van der Waals surface area contributed by atoms with E-state index < -0.39 is 0 Å². The lowest BCUT2D eigenvalue weighted by Gasteiger charge is -2.10. The molecule has 0 aliphatic heterocycles. The summed E-state index contributed by atoms with van der Waals surface area (Å²) in [5.41, 5.74) is 0.736. The van der Waals surface area contributed by atoms with Crippen LogP contribution in [-0.4, -0.2) is 40.2 Å². The van der Waals surface area contributed by atoms with Gasteiger partial charge in [0.2, 0.25) is 5.95 Å². The van der Waals surface area contributed by atoms with Crippen LogP contribution >= 0.6 is 0 Å². The number of nitrogens with one attached hydrogen (secondary N) is 1. The van der Waals surface area contributed by atoms with Gasteiger partial charge in [0.1, 0.15) is 5.75 Å². The summed E-state index contributed by atoms with van der Waals surface area (Å²) < 4.78 is 10.7. The van der Waals surface area contributed by atoms with E-state index in [1.165, 1.54) is 7.11 Å². The van der Waals surface area contributed by atoms with Crippen LogP contribution in [0.5, 0.6) is 11.8 Å². The van der Waals surface area contributed by atoms with Gasteiger partial charge in [0, 0.05) is 18.8 Å². The average molecular weight is 275 g/mol. The van der Waals surface area contributed by atoms with Gasteiger partial charge in [-0.3, -0.25) is 4.98 Å². The zero-order valence-corrected chi connectivity index (χ0v) is 11.9. The fourth-order valence-corrected chi connectivity index (χ4v) is 1.57. The zero-order chi connectivity index (χ0) is 14.5. The number of aromatic nitrogens is 4. The fourth-order valence-electron chi connectivity index (χ4n) is 1.57. The molecule has 0 unspecified atom stereocenters. The Kier molecular flexibility index (Phi) is 4.29. The first-order chi connectivity index (χ1) is 9.62. The summed E-state index contributed by atoms with van der Waals surface area (Å²) in [7, 11) is 3.24. The number of anilines is 1. The number of hydrogen-bond donors (Lipinski definition) is 1. The van der Waals surface area contributed by atoms with Gasteiger partial charge < -0.3 is 14.8 Å². The molecule has 106 valence electrons. The minimum atomic E-state index is 0.0767. The van der Waals surface area contributed by atoms with Crippen LogP contribution in [0.2, 0.25) is 0 Å². The molecule has 20 heavy (non-hydrogen) atoms. The highest BCUT2D eigenvalue weighted by Crippen LogP contribution is 2.22. The van der Waals surface area contributed by atoms with Gasteiger partial charge in [-0.2, -0.15) is 15.0 Å². The van der Waals surface area contributed by atoms with E-state index in [-0.39, 0.29) is 12.1 Å². The maximum Gasteiger partial charge on any atom is 0.321 e. The van der Waals surface area contributed by atoms with E-state index in [1.54, 1.807) is 19.4 Å². The van der Waals surface area contributed by atoms with Crippen molar-refractivity contribution in [2.24, 2.45) is 0 Å². The molecule has 7 heteroatoms. The third kappa shape index (κ3) is 3.31. The van der Waals surface area contributed by atoms with Crippen molar-refractivity contribution in [3.8, 4) is 23.1 Å². The summed E-state index contributed by atoms with van der Waals surface area (Å²) in [4.78, 5) is 16.7. The van der Waals surface area contributed by atoms with Gasteiger partial charge in [0.15, 0.2) is 5.82 Å². The molecule has 0 amide bonds. The highest BCUT2D eigenvalue weighted by molar-refractivity contribution is 5.57. The van der Waals surface area contributed by atoms with E-state index in [0.29, 0.717) is 17.5 Å². The Hall–Kier alpha value is -2.44. The minimum absolute atomic E-state index is 0.0767. The Bertz CT molecular complexity index is 566. The molecule has 0 aliphatic carbocycles. The second-order valence-corrected chi connectivity index (χ2v) is 4.30. The lowest BCUT2D eigenvalue weighted by Crippen LogP contribution is -2.06. The topological polar surface area (TPSA) is 82.1 Å². The molecule has 0 radical (unpaired) electrons. The number of ether oxygens (including phenoxy) is 2. The third-order valence-electron chi connectivity index (χ3n) is 2.36. The molecular weight excluding hydrogens is 258 g/mol. The third-order valence-corrected chi connectivity index (χ3v) is 2.36. The van der Waals surface area contributed by atoms with Gasteiger partial charge in [0.25, 0.3) is 0 Å². The molecule has 0 saturated carbocycles. The summed E-state index contributed by atoms with van der Waals surface area (Å²) in [5.74, 6) is 1.58. The maximum atomic E-state index is 5.61. The van der Waals surface area contributed by atoms with E-state index >= 15 is 0 Å². The first-order valence-corrected chi connectivity index (χ1v) is 6.22. The number of nitrogens with zero attached hydrogens (tertiary/aromatic N) is 4. The van der Waals surface area contributed by atoms with Crippen LogP contribution in [0.3, 0.4) is 0 Å². The smallest absolute Gasteiger partial charge is 0.321 e. The highest BCUT2D eigenvalue weighted by Gasteiger charge is 2.10. The van der Waals surface area contributed by atoms with Crippen molar-refractivity contribution in [3.63, 3.8) is 0 Å². The number of hydrogen-bond acceptors (Lipinski definition) is 7. The maximum absolute atomic E-state index is 5.61. The predicted molar refractivity (Wildman–Crippen MR) is 74.9 cm³/mol. The van der Waals surface area contributed by atoms with Gasteiger partial charge in [-0.05, 0) is 19.9 Å². The first kappa shape index (κ1) is 14.0. The van der Waals surface area contributed by atoms with Gasteiger partial charge in [0.05, 0.1) is 19.4 Å². The van der Waals surface area contributed by atoms with Gasteiger partial charge in [-0.15, -0.1) is 0 Å². The molecule has 0 spiro atoms. The summed E-state index contributed by atoms with van der Waals surface area (Å²) in [6, 6.07) is 2.08. The molecule has 0 saturated heterocycles. The Labute approximate surface area is 117 Å². The van der Waals surface area contributed by atoms with Crippen molar-refractivity contribution in [2.75, 3.05) is 19.5 Å². The first-order valence-electron chi connectivity index (χ1n) is 6.22. The highest BCUT2D eigenvalue weighted by atomic mass is 16.5. The molecule has 1 N–H and O–H groups in total. The molecule has 0 atom stereocenters. The molecule has 7 nitrogen and oxygen atoms in total. The van der Waals surface area contributed by atoms with Crippen LogP contribution in [0.15, 0.2) is 18.5 Å². The predicted octanol–water partition coefficient (Wildman–Crippen LogP) is 1.77. The van der Waals surface area contributed by atoms with E-state index in [4.69, 9.17) is 9.47 Å². The quantitative estimate of drug-likeness (QED) is 0.890. The van der Waals surface area contributed by atoms with Crippen molar-refractivity contribution < 1.29 is 9.47 Å². The Balaban J connectivity index is 2.40. The number of methoxy groups -OCH3 is 1. The molecular formula is C13H17N5O2. The van der Waals surface area contributed by atoms with Crippen molar-refractivity contribution in [2.45, 2.75) is 20.0 Å². The van der Waals surface area contributed by atoms with Crippen LogP contribution in [0.25, 0.3) is 11.4 Å². The largest absolute Gasteiger partial charge is 0.489 e. The Morgan fingerprint density at radius 1 is 1.15 bits per heavy atom. The SMILES string of the molecule is CNc1nc(OC)nc(-c2cncc(OC(C)C)c2)n1. The van der Waals surface area contributed by atoms with E-state index in [9.17, 15) is 0 Å². The summed E-state index contributed by atoms with van der Waals surface area (Å²) in [6.45, 7) is 3.91. The van der Waals surface area contributed by atoms with E-state index in [1.807, 2.05) is 19.9 Å². The summed E-state index contributed by atoms with van der Waals surface area (Å²) in [5, 5.41) is 2.86. The van der Waals surface area contributed by atoms with Gasteiger partial charge >= 0.3 is 6.01 Å². The minimum Gasteiger partial charge on any atom is -0.489 e. The zero-order valence-electron chi connectivity index (χ0n) is 11.9. The Morgan fingerprint density at radius 3 is 2.60 bits per heavy atom. The van der Waals surface area contributed by atoms with Crippen molar-refractivity contribution in [3.05, 3.63) is 18.5 Å². The molecule has 2 heterocycles. The Morgan fingerprint density at radius 2 is 1.95 bits per heavy atom. The van der Waals surface area contributed by atoms with Crippen molar-refractivity contribution in [1.29, 1.82) is 0 Å². The average Bonchev–Trinajstić information content (AvgIpc) is 2.46. The monoisotopic (exact) mass is 275 g/mol. The number of rotatable bonds is 5. The lowest BCUT2D eigenvalue weighted by molar-refractivity contribution is 0.241. The van der Waals surface area contributed by atoms with Crippen LogP contribution in [0.4, 0.5) is 5.95 Å². The standard InChI is InChI=1S/C13H17N5O2/c1-8(2)20-10-5-9(6-15-7-10)11-16-12(14-3)18-13(17-11)19-4/h5-8H,1-4H3,(H,14,16,17,18). The fraction of sp³-hybridized carbons (Fsp3) is 0.385. The van der Waals surface area contributed by atoms with Crippen molar-refractivity contribution in [1.82, 2.24) is 19.9 Å². The molecule has 0 bridgehead atoms. The van der Waals surface area contributed by atoms with E-state index in [0.717, 1.165) is 5.56 Å². The second-order valence-electron chi connectivity index (χ2n) is 4.30. The molecule has 2 rings (SSSR count). The van der Waals surface area contributed by atoms with Crippen LogP contribution < -0.4 is 14.8 Å².